The molecule has 8 heteroatoms. The van der Waals surface area contributed by atoms with Crippen LogP contribution in [0.15, 0.2) is 24.3 Å². The summed E-state index contributed by atoms with van der Waals surface area (Å²) in [5, 5.41) is 2.69. The minimum Gasteiger partial charge on any atom is -0.370 e. The molecule has 2 rings (SSSR count). The van der Waals surface area contributed by atoms with Crippen molar-refractivity contribution in [3.8, 4) is 0 Å². The lowest BCUT2D eigenvalue weighted by molar-refractivity contribution is -0.143. The molecule has 0 aliphatic carbocycles. The Morgan fingerprint density at radius 2 is 1.81 bits per heavy atom. The quantitative estimate of drug-likeness (QED) is 0.546. The van der Waals surface area contributed by atoms with Crippen LogP contribution in [-0.4, -0.2) is 66.3 Å². The molecule has 140 valence electrons. The van der Waals surface area contributed by atoms with Crippen LogP contribution < -0.4 is 10.2 Å². The molecular weight excluding hydrogens is 336 g/mol. The highest BCUT2D eigenvalue weighted by atomic mass is 16.2. The maximum atomic E-state index is 12.0. The number of imide groups is 2. The van der Waals surface area contributed by atoms with Gasteiger partial charge in [-0.25, -0.2) is 9.69 Å². The molecular formula is C18H24N4O4. The van der Waals surface area contributed by atoms with Crippen molar-refractivity contribution in [3.05, 3.63) is 29.8 Å². The fourth-order valence-electron chi connectivity index (χ4n) is 2.79. The number of urea groups is 1. The van der Waals surface area contributed by atoms with Crippen LogP contribution >= 0.6 is 0 Å². The highest BCUT2D eigenvalue weighted by Gasteiger charge is 2.44. The Labute approximate surface area is 152 Å². The molecule has 1 aliphatic heterocycles. The molecule has 0 saturated carbocycles. The second-order valence-corrected chi connectivity index (χ2v) is 5.99. The van der Waals surface area contributed by atoms with Gasteiger partial charge in [0.05, 0.1) is 0 Å². The van der Waals surface area contributed by atoms with Crippen molar-refractivity contribution in [3.63, 3.8) is 0 Å². The van der Waals surface area contributed by atoms with Crippen LogP contribution in [0.2, 0.25) is 0 Å². The Morgan fingerprint density at radius 1 is 1.12 bits per heavy atom. The van der Waals surface area contributed by atoms with E-state index in [-0.39, 0.29) is 6.54 Å². The van der Waals surface area contributed by atoms with E-state index in [1.165, 1.54) is 0 Å². The van der Waals surface area contributed by atoms with E-state index >= 15 is 0 Å². The fraction of sp³-hybridized carbons (Fsp3) is 0.444. The average molecular weight is 360 g/mol. The molecule has 1 aromatic rings. The summed E-state index contributed by atoms with van der Waals surface area (Å²) in [7, 11) is 0. The fourth-order valence-corrected chi connectivity index (χ4v) is 2.79. The summed E-state index contributed by atoms with van der Waals surface area (Å²) in [4.78, 5) is 51.1. The lowest BCUT2D eigenvalue weighted by atomic mass is 10.2. The van der Waals surface area contributed by atoms with Crippen LogP contribution in [0.25, 0.3) is 0 Å². The van der Waals surface area contributed by atoms with Crippen LogP contribution in [0.5, 0.6) is 0 Å². The van der Waals surface area contributed by atoms with Crippen molar-refractivity contribution >= 4 is 29.4 Å². The number of nitrogens with zero attached hydrogens (tertiary/aromatic N) is 3. The standard InChI is InChI=1S/C18H24N4O4/c1-4-20(14-8-6-7-13(3)11-14)10-9-19-15(23)12-22-17(25)16(24)21(5-2)18(22)26/h6-8,11H,4-5,9-10,12H2,1-3H3,(H,19,23). The van der Waals surface area contributed by atoms with E-state index in [0.717, 1.165) is 22.7 Å². The lowest BCUT2D eigenvalue weighted by Gasteiger charge is -2.24. The number of anilines is 1. The van der Waals surface area contributed by atoms with Crippen molar-refractivity contribution in [2.75, 3.05) is 37.6 Å². The smallest absolute Gasteiger partial charge is 0.334 e. The van der Waals surface area contributed by atoms with E-state index in [4.69, 9.17) is 0 Å². The summed E-state index contributed by atoms with van der Waals surface area (Å²) in [6.45, 7) is 7.02. The number of nitrogens with one attached hydrogen (secondary N) is 1. The van der Waals surface area contributed by atoms with Crippen LogP contribution in [0.4, 0.5) is 10.5 Å². The molecule has 1 aromatic carbocycles. The van der Waals surface area contributed by atoms with Crippen molar-refractivity contribution in [2.45, 2.75) is 20.8 Å². The van der Waals surface area contributed by atoms with Gasteiger partial charge in [0, 0.05) is 31.9 Å². The number of hydrogen-bond acceptors (Lipinski definition) is 5. The molecule has 1 fully saturated rings. The van der Waals surface area contributed by atoms with E-state index in [2.05, 4.69) is 16.3 Å². The average Bonchev–Trinajstić information content (AvgIpc) is 2.82. The van der Waals surface area contributed by atoms with E-state index < -0.39 is 30.3 Å². The molecule has 26 heavy (non-hydrogen) atoms. The van der Waals surface area contributed by atoms with Gasteiger partial charge < -0.3 is 10.2 Å². The maximum Gasteiger partial charge on any atom is 0.334 e. The molecule has 0 bridgehead atoms. The topological polar surface area (TPSA) is 90.0 Å². The molecule has 0 radical (unpaired) electrons. The summed E-state index contributed by atoms with van der Waals surface area (Å²) in [6, 6.07) is 7.33. The number of benzene rings is 1. The summed E-state index contributed by atoms with van der Waals surface area (Å²) in [5.41, 5.74) is 2.22. The summed E-state index contributed by atoms with van der Waals surface area (Å²) < 4.78 is 0. The van der Waals surface area contributed by atoms with Gasteiger partial charge in [-0.1, -0.05) is 12.1 Å². The van der Waals surface area contributed by atoms with Crippen LogP contribution in [0.1, 0.15) is 19.4 Å². The van der Waals surface area contributed by atoms with Crippen LogP contribution in [0.3, 0.4) is 0 Å². The zero-order valence-corrected chi connectivity index (χ0v) is 15.3. The van der Waals surface area contributed by atoms with Gasteiger partial charge in [0.1, 0.15) is 6.54 Å². The molecule has 1 aliphatic rings. The first-order chi connectivity index (χ1) is 12.4. The summed E-state index contributed by atoms with van der Waals surface area (Å²) in [5.74, 6) is -2.32. The predicted molar refractivity (Wildman–Crippen MR) is 96.6 cm³/mol. The van der Waals surface area contributed by atoms with E-state index in [1.54, 1.807) is 6.92 Å². The van der Waals surface area contributed by atoms with E-state index in [9.17, 15) is 19.2 Å². The largest absolute Gasteiger partial charge is 0.370 e. The SMILES string of the molecule is CCN1C(=O)C(=O)N(CC(=O)NCCN(CC)c2cccc(C)c2)C1=O. The Kier molecular flexibility index (Phi) is 6.32. The molecule has 1 N–H and O–H groups in total. The second kappa shape index (κ2) is 8.46. The molecule has 5 amide bonds. The van der Waals surface area contributed by atoms with E-state index in [0.29, 0.717) is 18.0 Å². The first-order valence-electron chi connectivity index (χ1n) is 8.64. The zero-order valence-electron chi connectivity index (χ0n) is 15.3. The van der Waals surface area contributed by atoms with Crippen molar-refractivity contribution in [2.24, 2.45) is 0 Å². The number of carbonyl (C=O) groups excluding carboxylic acids is 4. The maximum absolute atomic E-state index is 12.0. The highest BCUT2D eigenvalue weighted by Crippen LogP contribution is 2.15. The van der Waals surface area contributed by atoms with Gasteiger partial charge in [0.15, 0.2) is 0 Å². The van der Waals surface area contributed by atoms with Gasteiger partial charge in [-0.15, -0.1) is 0 Å². The van der Waals surface area contributed by atoms with Crippen molar-refractivity contribution < 1.29 is 19.2 Å². The summed E-state index contributed by atoms with van der Waals surface area (Å²) in [6.07, 6.45) is 0. The molecule has 0 aromatic heterocycles. The number of rotatable bonds is 8. The van der Waals surface area contributed by atoms with Gasteiger partial charge in [-0.2, -0.15) is 0 Å². The third-order valence-corrected chi connectivity index (χ3v) is 4.21. The first kappa shape index (κ1) is 19.4. The van der Waals surface area contributed by atoms with Gasteiger partial charge in [0.2, 0.25) is 5.91 Å². The number of likely N-dealkylation sites (N-methyl/N-ethyl adjacent to an activating group) is 2. The molecule has 1 saturated heterocycles. The third kappa shape index (κ3) is 4.19. The van der Waals surface area contributed by atoms with Crippen molar-refractivity contribution in [1.82, 2.24) is 15.1 Å². The number of hydrogen-bond donors (Lipinski definition) is 1. The Morgan fingerprint density at radius 3 is 2.38 bits per heavy atom. The van der Waals surface area contributed by atoms with Gasteiger partial charge in [-0.3, -0.25) is 19.3 Å². The minimum atomic E-state index is -0.957. The summed E-state index contributed by atoms with van der Waals surface area (Å²) >= 11 is 0. The molecule has 0 atom stereocenters. The van der Waals surface area contributed by atoms with Crippen LogP contribution in [-0.2, 0) is 14.4 Å². The monoisotopic (exact) mass is 360 g/mol. The van der Waals surface area contributed by atoms with Gasteiger partial charge >= 0.3 is 17.8 Å². The molecule has 8 nitrogen and oxygen atoms in total. The number of carbonyl (C=O) groups is 4. The Hall–Kier alpha value is -2.90. The second-order valence-electron chi connectivity index (χ2n) is 5.99. The molecule has 0 spiro atoms. The van der Waals surface area contributed by atoms with Gasteiger partial charge in [0.25, 0.3) is 0 Å². The first-order valence-corrected chi connectivity index (χ1v) is 8.64. The number of amides is 5. The predicted octanol–water partition coefficient (Wildman–Crippen LogP) is 0.748. The van der Waals surface area contributed by atoms with Gasteiger partial charge in [-0.05, 0) is 38.5 Å². The molecule has 0 unspecified atom stereocenters. The lowest BCUT2D eigenvalue weighted by Crippen LogP contribution is -2.43. The van der Waals surface area contributed by atoms with Crippen molar-refractivity contribution in [1.29, 1.82) is 0 Å². The van der Waals surface area contributed by atoms with E-state index in [1.807, 2.05) is 32.0 Å². The zero-order chi connectivity index (χ0) is 19.3. The molecule has 1 heterocycles. The minimum absolute atomic E-state index is 0.101. The normalized spacial score (nSPS) is 14.2. The highest BCUT2D eigenvalue weighted by molar-refractivity contribution is 6.45. The Balaban J connectivity index is 1.86. The number of aryl methyl sites for hydroxylation is 1. The Bertz CT molecular complexity index is 719. The van der Waals surface area contributed by atoms with Crippen LogP contribution in [0, 0.1) is 6.92 Å². The third-order valence-electron chi connectivity index (χ3n) is 4.21.